The molecule has 1 aromatic carbocycles. The number of rotatable bonds is 9. The van der Waals surface area contributed by atoms with Gasteiger partial charge in [-0.1, -0.05) is 75.1 Å². The smallest absolute Gasteiger partial charge is 0.270 e. The Bertz CT molecular complexity index is 1210. The lowest BCUT2D eigenvalue weighted by Gasteiger charge is -2.20. The van der Waals surface area contributed by atoms with Crippen molar-refractivity contribution in [3.8, 4) is 6.07 Å². The molecule has 6 nitrogen and oxygen atoms in total. The molecule has 1 aliphatic rings. The lowest BCUT2D eigenvalue weighted by atomic mass is 10.0. The molecule has 34 heavy (non-hydrogen) atoms. The van der Waals surface area contributed by atoms with Crippen molar-refractivity contribution in [2.45, 2.75) is 47.1 Å². The Hall–Kier alpha value is -2.89. The first-order valence-electron chi connectivity index (χ1n) is 11.5. The van der Waals surface area contributed by atoms with Crippen LogP contribution < -0.4 is 10.9 Å². The second kappa shape index (κ2) is 11.5. The number of hydrogen-bond acceptors (Lipinski definition) is 6. The van der Waals surface area contributed by atoms with Crippen LogP contribution in [-0.4, -0.2) is 32.8 Å². The van der Waals surface area contributed by atoms with Crippen molar-refractivity contribution >= 4 is 46.1 Å². The molecule has 1 aromatic heterocycles. The number of nitriles is 1. The lowest BCUT2D eigenvalue weighted by Crippen LogP contribution is -2.31. The Morgan fingerprint density at radius 3 is 2.56 bits per heavy atom. The van der Waals surface area contributed by atoms with Crippen molar-refractivity contribution in [1.82, 2.24) is 9.47 Å². The van der Waals surface area contributed by atoms with E-state index in [4.69, 9.17) is 12.2 Å². The van der Waals surface area contributed by atoms with Gasteiger partial charge in [0.25, 0.3) is 11.5 Å². The molecule has 0 saturated carbocycles. The second-order valence-electron chi connectivity index (χ2n) is 8.68. The van der Waals surface area contributed by atoms with Gasteiger partial charge in [-0.3, -0.25) is 19.1 Å². The molecule has 0 radical (unpaired) electrons. The van der Waals surface area contributed by atoms with Crippen molar-refractivity contribution in [3.63, 3.8) is 0 Å². The molecule has 0 bridgehead atoms. The van der Waals surface area contributed by atoms with E-state index < -0.39 is 0 Å². The number of nitrogens with zero attached hydrogens (tertiary/aromatic N) is 3. The number of thiocarbonyl (C=S) groups is 1. The Labute approximate surface area is 210 Å². The first-order chi connectivity index (χ1) is 16.3. The van der Waals surface area contributed by atoms with Crippen LogP contribution >= 0.6 is 24.0 Å². The number of amides is 1. The van der Waals surface area contributed by atoms with Crippen LogP contribution in [0, 0.1) is 24.2 Å². The monoisotopic (exact) mass is 494 g/mol. The van der Waals surface area contributed by atoms with Gasteiger partial charge < -0.3 is 5.32 Å². The molecule has 178 valence electrons. The Balaban J connectivity index is 2.07. The summed E-state index contributed by atoms with van der Waals surface area (Å²) in [6, 6.07) is 12.2. The predicted molar refractivity (Wildman–Crippen MR) is 144 cm³/mol. The SMILES string of the molecule is CCCn1c(NCCc2ccccc2)c(/C=C2/SC(=S)N(CC(C)C)C2=O)c(C)c(C#N)c1=O. The van der Waals surface area contributed by atoms with Crippen LogP contribution in [0.3, 0.4) is 0 Å². The summed E-state index contributed by atoms with van der Waals surface area (Å²) in [6.45, 7) is 9.47. The average Bonchev–Trinajstić information content (AvgIpc) is 3.06. The summed E-state index contributed by atoms with van der Waals surface area (Å²) in [5.41, 5.74) is 2.22. The lowest BCUT2D eigenvalue weighted by molar-refractivity contribution is -0.122. The minimum absolute atomic E-state index is 0.103. The van der Waals surface area contributed by atoms with Crippen molar-refractivity contribution in [1.29, 1.82) is 5.26 Å². The van der Waals surface area contributed by atoms with Crippen LogP contribution in [0.15, 0.2) is 40.0 Å². The van der Waals surface area contributed by atoms with E-state index in [0.29, 0.717) is 45.8 Å². The van der Waals surface area contributed by atoms with Crippen molar-refractivity contribution in [2.75, 3.05) is 18.4 Å². The minimum atomic E-state index is -0.312. The van der Waals surface area contributed by atoms with Gasteiger partial charge in [-0.2, -0.15) is 5.26 Å². The maximum atomic E-state index is 13.1. The van der Waals surface area contributed by atoms with Gasteiger partial charge in [0.05, 0.1) is 4.91 Å². The van der Waals surface area contributed by atoms with E-state index in [-0.39, 0.29) is 22.9 Å². The molecule has 8 heteroatoms. The molecule has 1 amide bonds. The molecular formula is C26H30N4O2S2. The van der Waals surface area contributed by atoms with Crippen LogP contribution in [0.1, 0.15) is 49.4 Å². The fraction of sp³-hybridized carbons (Fsp3) is 0.385. The summed E-state index contributed by atoms with van der Waals surface area (Å²) in [5.74, 6) is 0.786. The van der Waals surface area contributed by atoms with Crippen LogP contribution in [-0.2, 0) is 17.8 Å². The molecule has 0 atom stereocenters. The van der Waals surface area contributed by atoms with E-state index in [2.05, 4.69) is 23.5 Å². The third kappa shape index (κ3) is 5.60. The first-order valence-corrected chi connectivity index (χ1v) is 12.7. The highest BCUT2D eigenvalue weighted by Gasteiger charge is 2.33. The zero-order valence-electron chi connectivity index (χ0n) is 20.1. The third-order valence-electron chi connectivity index (χ3n) is 5.57. The maximum Gasteiger partial charge on any atom is 0.270 e. The van der Waals surface area contributed by atoms with E-state index in [1.165, 1.54) is 17.3 Å². The fourth-order valence-corrected chi connectivity index (χ4v) is 5.17. The summed E-state index contributed by atoms with van der Waals surface area (Å²) in [5, 5.41) is 13.2. The maximum absolute atomic E-state index is 13.1. The molecule has 1 aliphatic heterocycles. The molecule has 3 rings (SSSR count). The zero-order chi connectivity index (χ0) is 24.8. The highest BCUT2D eigenvalue weighted by Crippen LogP contribution is 2.35. The number of benzene rings is 1. The van der Waals surface area contributed by atoms with Gasteiger partial charge in [0, 0.05) is 25.2 Å². The fourth-order valence-electron chi connectivity index (χ4n) is 3.91. The predicted octanol–water partition coefficient (Wildman–Crippen LogP) is 4.95. The molecule has 2 heterocycles. The van der Waals surface area contributed by atoms with Gasteiger partial charge in [0.15, 0.2) is 0 Å². The molecule has 0 aliphatic carbocycles. The van der Waals surface area contributed by atoms with Crippen LogP contribution in [0.4, 0.5) is 5.82 Å². The van der Waals surface area contributed by atoms with Crippen LogP contribution in [0.5, 0.6) is 0 Å². The number of thioether (sulfide) groups is 1. The van der Waals surface area contributed by atoms with Crippen molar-refractivity contribution in [3.05, 3.63) is 67.8 Å². The number of carbonyl (C=O) groups is 1. The van der Waals surface area contributed by atoms with E-state index in [1.807, 2.05) is 39.0 Å². The molecule has 1 N–H and O–H groups in total. The van der Waals surface area contributed by atoms with E-state index in [1.54, 1.807) is 22.5 Å². The highest BCUT2D eigenvalue weighted by molar-refractivity contribution is 8.26. The van der Waals surface area contributed by atoms with Gasteiger partial charge in [-0.25, -0.2) is 0 Å². The standard InChI is InChI=1S/C26H30N4O2S2/c1-5-13-29-23(28-12-11-19-9-7-6-8-10-19)20(18(4)21(15-27)24(29)31)14-22-25(32)30(16-17(2)3)26(33)34-22/h6-10,14,17,28H,5,11-13,16H2,1-4H3/b22-14+. The van der Waals surface area contributed by atoms with Crippen LogP contribution in [0.25, 0.3) is 6.08 Å². The van der Waals surface area contributed by atoms with Gasteiger partial charge in [0.2, 0.25) is 0 Å². The Morgan fingerprint density at radius 1 is 1.24 bits per heavy atom. The molecular weight excluding hydrogens is 464 g/mol. The summed E-state index contributed by atoms with van der Waals surface area (Å²) in [6.07, 6.45) is 3.29. The zero-order valence-corrected chi connectivity index (χ0v) is 21.7. The normalized spacial score (nSPS) is 14.8. The van der Waals surface area contributed by atoms with E-state index >= 15 is 0 Å². The van der Waals surface area contributed by atoms with E-state index in [9.17, 15) is 14.9 Å². The number of hydrogen-bond donors (Lipinski definition) is 1. The number of carbonyl (C=O) groups excluding carboxylic acids is 1. The van der Waals surface area contributed by atoms with Gasteiger partial charge in [-0.05, 0) is 42.9 Å². The topological polar surface area (TPSA) is 78.1 Å². The summed E-state index contributed by atoms with van der Waals surface area (Å²) < 4.78 is 2.15. The summed E-state index contributed by atoms with van der Waals surface area (Å²) in [7, 11) is 0. The van der Waals surface area contributed by atoms with Gasteiger partial charge >= 0.3 is 0 Å². The highest BCUT2D eigenvalue weighted by atomic mass is 32.2. The summed E-state index contributed by atoms with van der Waals surface area (Å²) in [4.78, 5) is 28.4. The van der Waals surface area contributed by atoms with Crippen LogP contribution in [0.2, 0.25) is 0 Å². The Morgan fingerprint density at radius 2 is 1.94 bits per heavy atom. The number of aromatic nitrogens is 1. The Kier molecular flexibility index (Phi) is 8.70. The average molecular weight is 495 g/mol. The van der Waals surface area contributed by atoms with Crippen molar-refractivity contribution < 1.29 is 4.79 Å². The first kappa shape index (κ1) is 25.7. The number of anilines is 1. The molecule has 0 unspecified atom stereocenters. The molecule has 1 fully saturated rings. The summed E-state index contributed by atoms with van der Waals surface area (Å²) >= 11 is 6.72. The van der Waals surface area contributed by atoms with E-state index in [0.717, 1.165) is 12.8 Å². The largest absolute Gasteiger partial charge is 0.371 e. The molecule has 2 aromatic rings. The molecule has 0 spiro atoms. The van der Waals surface area contributed by atoms with Gasteiger partial charge in [0.1, 0.15) is 21.8 Å². The van der Waals surface area contributed by atoms with Crippen molar-refractivity contribution in [2.24, 2.45) is 5.92 Å². The minimum Gasteiger partial charge on any atom is -0.371 e. The third-order valence-corrected chi connectivity index (χ3v) is 6.95. The molecule has 1 saturated heterocycles. The number of nitrogens with one attached hydrogen (secondary N) is 1. The number of pyridine rings is 1. The quantitative estimate of drug-likeness (QED) is 0.393. The van der Waals surface area contributed by atoms with Gasteiger partial charge in [-0.15, -0.1) is 0 Å². The second-order valence-corrected chi connectivity index (χ2v) is 10.4.